The predicted octanol–water partition coefficient (Wildman–Crippen LogP) is 7.46. The topological polar surface area (TPSA) is 17.1 Å². The summed E-state index contributed by atoms with van der Waals surface area (Å²) in [6.07, 6.45) is 12.3. The maximum Gasteiger partial charge on any atom is 0.162 e. The molecule has 134 valence electrons. The van der Waals surface area contributed by atoms with Gasteiger partial charge in [-0.05, 0) is 17.5 Å². The molecule has 0 fully saturated rings. The maximum atomic E-state index is 12.3. The Morgan fingerprint density at radius 3 is 1.76 bits per heavy atom. The van der Waals surface area contributed by atoms with Gasteiger partial charge in [0.2, 0.25) is 0 Å². The third-order valence-electron chi connectivity index (χ3n) is 4.82. The maximum absolute atomic E-state index is 12.3. The Labute approximate surface area is 153 Å². The molecule has 2 aromatic rings. The number of benzene rings is 2. The van der Waals surface area contributed by atoms with Gasteiger partial charge in [0.15, 0.2) is 5.78 Å². The van der Waals surface area contributed by atoms with Crippen molar-refractivity contribution in [3.05, 3.63) is 60.2 Å². The zero-order valence-electron chi connectivity index (χ0n) is 15.7. The van der Waals surface area contributed by atoms with Crippen LogP contribution in [0.5, 0.6) is 0 Å². The van der Waals surface area contributed by atoms with Gasteiger partial charge in [-0.2, -0.15) is 0 Å². The third kappa shape index (κ3) is 7.25. The van der Waals surface area contributed by atoms with E-state index in [0.717, 1.165) is 12.0 Å². The minimum Gasteiger partial charge on any atom is -0.294 e. The third-order valence-corrected chi connectivity index (χ3v) is 4.82. The molecule has 2 rings (SSSR count). The van der Waals surface area contributed by atoms with E-state index in [2.05, 4.69) is 31.2 Å². The molecule has 1 heteroatoms. The number of ketones is 1. The number of carbonyl (C=O) groups is 1. The molecule has 0 atom stereocenters. The lowest BCUT2D eigenvalue weighted by Gasteiger charge is -2.05. The fourth-order valence-electron chi connectivity index (χ4n) is 3.22. The van der Waals surface area contributed by atoms with E-state index in [1.165, 1.54) is 62.5 Å². The molecule has 0 aliphatic rings. The van der Waals surface area contributed by atoms with Gasteiger partial charge in [-0.3, -0.25) is 4.79 Å². The Bertz CT molecular complexity index is 598. The second-order valence-electron chi connectivity index (χ2n) is 6.94. The minimum atomic E-state index is 0.280. The zero-order valence-corrected chi connectivity index (χ0v) is 15.7. The van der Waals surface area contributed by atoms with Gasteiger partial charge in [0.1, 0.15) is 0 Å². The van der Waals surface area contributed by atoms with Gasteiger partial charge in [-0.15, -0.1) is 0 Å². The average Bonchev–Trinajstić information content (AvgIpc) is 2.67. The second kappa shape index (κ2) is 11.6. The summed E-state index contributed by atoms with van der Waals surface area (Å²) in [5.74, 6) is 0.280. The van der Waals surface area contributed by atoms with Crippen LogP contribution in [0.4, 0.5) is 0 Å². The van der Waals surface area contributed by atoms with Crippen LogP contribution in [-0.2, 0) is 0 Å². The van der Waals surface area contributed by atoms with E-state index in [0.29, 0.717) is 6.42 Å². The van der Waals surface area contributed by atoms with Crippen molar-refractivity contribution in [2.45, 2.75) is 71.1 Å². The van der Waals surface area contributed by atoms with Crippen molar-refractivity contribution in [3.63, 3.8) is 0 Å². The van der Waals surface area contributed by atoms with Crippen LogP contribution in [0.25, 0.3) is 11.1 Å². The largest absolute Gasteiger partial charge is 0.294 e. The monoisotopic (exact) mass is 336 g/mol. The van der Waals surface area contributed by atoms with Crippen molar-refractivity contribution in [2.75, 3.05) is 0 Å². The Morgan fingerprint density at radius 2 is 1.16 bits per heavy atom. The molecular weight excluding hydrogens is 304 g/mol. The highest BCUT2D eigenvalue weighted by molar-refractivity contribution is 5.96. The zero-order chi connectivity index (χ0) is 17.7. The Morgan fingerprint density at radius 1 is 0.640 bits per heavy atom. The highest BCUT2D eigenvalue weighted by Gasteiger charge is 2.06. The van der Waals surface area contributed by atoms with E-state index in [1.807, 2.05) is 30.3 Å². The summed E-state index contributed by atoms with van der Waals surface area (Å²) in [5, 5.41) is 0. The van der Waals surface area contributed by atoms with E-state index in [-0.39, 0.29) is 5.78 Å². The second-order valence-corrected chi connectivity index (χ2v) is 6.94. The quantitative estimate of drug-likeness (QED) is 0.290. The molecule has 0 aromatic heterocycles. The van der Waals surface area contributed by atoms with Crippen molar-refractivity contribution < 1.29 is 4.79 Å². The summed E-state index contributed by atoms with van der Waals surface area (Å²) in [5.41, 5.74) is 3.21. The first kappa shape index (κ1) is 19.4. The molecule has 2 aromatic carbocycles. The number of rotatable bonds is 12. The van der Waals surface area contributed by atoms with Crippen molar-refractivity contribution in [1.29, 1.82) is 0 Å². The molecule has 0 aliphatic carbocycles. The smallest absolute Gasteiger partial charge is 0.162 e. The van der Waals surface area contributed by atoms with Crippen molar-refractivity contribution >= 4 is 5.78 Å². The van der Waals surface area contributed by atoms with Crippen molar-refractivity contribution in [2.24, 2.45) is 0 Å². The van der Waals surface area contributed by atoms with Crippen molar-refractivity contribution in [1.82, 2.24) is 0 Å². The van der Waals surface area contributed by atoms with E-state index < -0.39 is 0 Å². The molecule has 0 heterocycles. The summed E-state index contributed by atoms with van der Waals surface area (Å²) in [4.78, 5) is 12.3. The summed E-state index contributed by atoms with van der Waals surface area (Å²) >= 11 is 0. The van der Waals surface area contributed by atoms with Crippen LogP contribution in [0.3, 0.4) is 0 Å². The predicted molar refractivity (Wildman–Crippen MR) is 108 cm³/mol. The number of hydrogen-bond donors (Lipinski definition) is 0. The lowest BCUT2D eigenvalue weighted by atomic mass is 10.00. The van der Waals surface area contributed by atoms with E-state index in [9.17, 15) is 4.79 Å². The standard InChI is InChI=1S/C24H32O/c1-2-3-4-5-6-7-8-9-13-16-24(25)23-19-17-22(18-20-23)21-14-11-10-12-15-21/h10-12,14-15,17-20H,2-9,13,16H2,1H3. The lowest BCUT2D eigenvalue weighted by molar-refractivity contribution is 0.0979. The minimum absolute atomic E-state index is 0.280. The van der Waals surface area contributed by atoms with Crippen LogP contribution in [0, 0.1) is 0 Å². The molecule has 0 radical (unpaired) electrons. The Kier molecular flexibility index (Phi) is 9.04. The van der Waals surface area contributed by atoms with E-state index in [4.69, 9.17) is 0 Å². The van der Waals surface area contributed by atoms with Crippen LogP contribution in [0.2, 0.25) is 0 Å². The molecule has 0 N–H and O–H groups in total. The van der Waals surface area contributed by atoms with E-state index >= 15 is 0 Å². The molecule has 0 bridgehead atoms. The first-order chi connectivity index (χ1) is 12.3. The fourth-order valence-corrected chi connectivity index (χ4v) is 3.22. The molecule has 0 unspecified atom stereocenters. The molecule has 0 spiro atoms. The Hall–Kier alpha value is -1.89. The summed E-state index contributed by atoms with van der Waals surface area (Å²) in [7, 11) is 0. The van der Waals surface area contributed by atoms with Gasteiger partial charge in [0.25, 0.3) is 0 Å². The Balaban J connectivity index is 1.64. The van der Waals surface area contributed by atoms with Gasteiger partial charge >= 0.3 is 0 Å². The number of hydrogen-bond acceptors (Lipinski definition) is 1. The molecule has 0 saturated carbocycles. The number of unbranched alkanes of at least 4 members (excludes halogenated alkanes) is 8. The molecule has 0 saturated heterocycles. The van der Waals surface area contributed by atoms with Crippen LogP contribution < -0.4 is 0 Å². The van der Waals surface area contributed by atoms with Gasteiger partial charge in [-0.25, -0.2) is 0 Å². The summed E-state index contributed by atoms with van der Waals surface area (Å²) in [6.45, 7) is 2.26. The molecular formula is C24H32O. The van der Waals surface area contributed by atoms with Gasteiger partial charge in [-0.1, -0.05) is 113 Å². The summed E-state index contributed by atoms with van der Waals surface area (Å²) < 4.78 is 0. The van der Waals surface area contributed by atoms with Gasteiger partial charge in [0.05, 0.1) is 0 Å². The normalized spacial score (nSPS) is 10.8. The molecule has 0 aliphatic heterocycles. The molecule has 1 nitrogen and oxygen atoms in total. The summed E-state index contributed by atoms with van der Waals surface area (Å²) in [6, 6.07) is 18.3. The SMILES string of the molecule is CCCCCCCCCCCC(=O)c1ccc(-c2ccccc2)cc1. The van der Waals surface area contributed by atoms with Crippen LogP contribution in [0.1, 0.15) is 81.5 Å². The first-order valence-corrected chi connectivity index (χ1v) is 10.00. The number of Topliss-reactive ketones (excluding diaryl/α,β-unsaturated/α-hetero) is 1. The molecule has 25 heavy (non-hydrogen) atoms. The molecule has 0 amide bonds. The number of carbonyl (C=O) groups excluding carboxylic acids is 1. The van der Waals surface area contributed by atoms with Crippen LogP contribution >= 0.6 is 0 Å². The fraction of sp³-hybridized carbons (Fsp3) is 0.458. The average molecular weight is 337 g/mol. The van der Waals surface area contributed by atoms with E-state index in [1.54, 1.807) is 0 Å². The van der Waals surface area contributed by atoms with Gasteiger partial charge < -0.3 is 0 Å². The van der Waals surface area contributed by atoms with Crippen LogP contribution in [-0.4, -0.2) is 5.78 Å². The van der Waals surface area contributed by atoms with Crippen molar-refractivity contribution in [3.8, 4) is 11.1 Å². The lowest BCUT2D eigenvalue weighted by Crippen LogP contribution is -1.98. The van der Waals surface area contributed by atoms with Gasteiger partial charge in [0, 0.05) is 12.0 Å². The van der Waals surface area contributed by atoms with Crippen LogP contribution in [0.15, 0.2) is 54.6 Å². The highest BCUT2D eigenvalue weighted by atomic mass is 16.1. The highest BCUT2D eigenvalue weighted by Crippen LogP contribution is 2.20. The first-order valence-electron chi connectivity index (χ1n) is 10.00.